The second-order valence-corrected chi connectivity index (χ2v) is 3.62. The van der Waals surface area contributed by atoms with E-state index < -0.39 is 0 Å². The van der Waals surface area contributed by atoms with E-state index in [-0.39, 0.29) is 0 Å². The topological polar surface area (TPSA) is 37.8 Å². The van der Waals surface area contributed by atoms with Crippen molar-refractivity contribution < 1.29 is 0 Å². The molecule has 0 aromatic carbocycles. The van der Waals surface area contributed by atoms with Gasteiger partial charge in [-0.3, -0.25) is 0 Å². The Bertz CT molecular complexity index is 198. The summed E-state index contributed by atoms with van der Waals surface area (Å²) < 4.78 is 0. The molecule has 1 rings (SSSR count). The molecule has 0 aliphatic rings. The van der Waals surface area contributed by atoms with Crippen LogP contribution in [0.4, 0.5) is 0 Å². The van der Waals surface area contributed by atoms with Crippen molar-refractivity contribution in [2.75, 3.05) is 6.54 Å². The molecule has 1 heterocycles. The molecule has 1 aromatic heterocycles. The highest BCUT2D eigenvalue weighted by molar-refractivity contribution is 7.09. The number of likely N-dealkylation sites (N-methyl/N-ethyl adjacent to an activating group) is 1. The maximum absolute atomic E-state index is 4.01. The number of aromatic nitrogens is 2. The van der Waals surface area contributed by atoms with Crippen molar-refractivity contribution in [1.82, 2.24) is 15.5 Å². The van der Waals surface area contributed by atoms with Crippen LogP contribution >= 0.6 is 11.3 Å². The molecule has 0 aliphatic heterocycles. The van der Waals surface area contributed by atoms with E-state index in [2.05, 4.69) is 29.4 Å². The third-order valence-corrected chi connectivity index (χ3v) is 2.53. The lowest BCUT2D eigenvalue weighted by Crippen LogP contribution is -2.30. The predicted molar refractivity (Wildman–Crippen MR) is 51.4 cm³/mol. The van der Waals surface area contributed by atoms with Crippen molar-refractivity contribution in [3.8, 4) is 0 Å². The van der Waals surface area contributed by atoms with Crippen molar-refractivity contribution in [3.63, 3.8) is 0 Å². The number of hydrogen-bond donors (Lipinski definition) is 1. The van der Waals surface area contributed by atoms with Gasteiger partial charge in [-0.05, 0) is 13.0 Å². The normalized spacial score (nSPS) is 13.2. The van der Waals surface area contributed by atoms with Crippen molar-refractivity contribution >= 4 is 11.3 Å². The molecule has 0 fully saturated rings. The van der Waals surface area contributed by atoms with Crippen LogP contribution < -0.4 is 5.32 Å². The van der Waals surface area contributed by atoms with E-state index in [1.807, 2.05) is 0 Å². The van der Waals surface area contributed by atoms with Gasteiger partial charge in [0, 0.05) is 12.5 Å². The highest BCUT2D eigenvalue weighted by atomic mass is 32.1. The minimum atomic E-state index is 0.558. The van der Waals surface area contributed by atoms with Gasteiger partial charge >= 0.3 is 0 Å². The van der Waals surface area contributed by atoms with Crippen LogP contribution in [0.15, 0.2) is 5.51 Å². The minimum Gasteiger partial charge on any atom is -0.314 e. The van der Waals surface area contributed by atoms with E-state index in [1.54, 1.807) is 16.8 Å². The first-order valence-corrected chi connectivity index (χ1v) is 5.23. The maximum atomic E-state index is 4.01. The highest BCUT2D eigenvalue weighted by Gasteiger charge is 2.07. The number of nitrogens with one attached hydrogen (secondary N) is 1. The second kappa shape index (κ2) is 5.22. The van der Waals surface area contributed by atoms with Crippen molar-refractivity contribution in [2.24, 2.45) is 0 Å². The number of rotatable bonds is 5. The van der Waals surface area contributed by atoms with Gasteiger partial charge in [-0.25, -0.2) is 0 Å². The van der Waals surface area contributed by atoms with Gasteiger partial charge in [0.15, 0.2) is 0 Å². The Morgan fingerprint density at radius 2 is 2.42 bits per heavy atom. The third-order valence-electron chi connectivity index (χ3n) is 1.81. The van der Waals surface area contributed by atoms with Crippen molar-refractivity contribution in [1.29, 1.82) is 0 Å². The first kappa shape index (κ1) is 9.61. The van der Waals surface area contributed by atoms with Gasteiger partial charge in [0.2, 0.25) is 0 Å². The number of hydrogen-bond acceptors (Lipinski definition) is 4. The smallest absolute Gasteiger partial charge is 0.118 e. The first-order chi connectivity index (χ1) is 5.86. The standard InChI is InChI=1S/C8H15N3S/c1-3-7(9-4-2)5-8-11-10-6-12-8/h6-7,9H,3-5H2,1-2H3. The zero-order chi connectivity index (χ0) is 8.81. The quantitative estimate of drug-likeness (QED) is 0.755. The molecule has 1 atom stereocenters. The van der Waals surface area contributed by atoms with E-state index in [1.165, 1.54) is 0 Å². The summed E-state index contributed by atoms with van der Waals surface area (Å²) in [7, 11) is 0. The molecule has 12 heavy (non-hydrogen) atoms. The summed E-state index contributed by atoms with van der Waals surface area (Å²) in [4.78, 5) is 0. The molecule has 68 valence electrons. The van der Waals surface area contributed by atoms with Crippen LogP contribution in [-0.2, 0) is 6.42 Å². The monoisotopic (exact) mass is 185 g/mol. The molecule has 0 bridgehead atoms. The number of nitrogens with zero attached hydrogens (tertiary/aromatic N) is 2. The van der Waals surface area contributed by atoms with Crippen LogP contribution in [0.2, 0.25) is 0 Å². The molecule has 3 nitrogen and oxygen atoms in total. The molecule has 0 radical (unpaired) electrons. The van der Waals surface area contributed by atoms with Crippen LogP contribution in [0.5, 0.6) is 0 Å². The highest BCUT2D eigenvalue weighted by Crippen LogP contribution is 2.06. The second-order valence-electron chi connectivity index (χ2n) is 2.70. The van der Waals surface area contributed by atoms with E-state index in [4.69, 9.17) is 0 Å². The van der Waals surface area contributed by atoms with E-state index in [0.29, 0.717) is 6.04 Å². The lowest BCUT2D eigenvalue weighted by Gasteiger charge is -2.12. The average Bonchev–Trinajstić information content (AvgIpc) is 2.56. The van der Waals surface area contributed by atoms with Gasteiger partial charge in [0.25, 0.3) is 0 Å². The summed E-state index contributed by atoms with van der Waals surface area (Å²) in [5.41, 5.74) is 1.79. The fourth-order valence-corrected chi connectivity index (χ4v) is 1.75. The van der Waals surface area contributed by atoms with Crippen LogP contribution in [0, 0.1) is 0 Å². The van der Waals surface area contributed by atoms with Gasteiger partial charge in [-0.15, -0.1) is 21.5 Å². The van der Waals surface area contributed by atoms with Gasteiger partial charge < -0.3 is 5.32 Å². The lowest BCUT2D eigenvalue weighted by atomic mass is 10.1. The molecular weight excluding hydrogens is 170 g/mol. The molecular formula is C8H15N3S. The summed E-state index contributed by atoms with van der Waals surface area (Å²) in [5, 5.41) is 12.4. The van der Waals surface area contributed by atoms with Gasteiger partial charge in [0.1, 0.15) is 10.5 Å². The Labute approximate surface area is 77.2 Å². The Morgan fingerprint density at radius 3 is 2.92 bits per heavy atom. The van der Waals surface area contributed by atoms with Gasteiger partial charge in [-0.1, -0.05) is 13.8 Å². The minimum absolute atomic E-state index is 0.558. The molecule has 0 spiro atoms. The lowest BCUT2D eigenvalue weighted by molar-refractivity contribution is 0.508. The molecule has 0 saturated carbocycles. The van der Waals surface area contributed by atoms with Crippen molar-refractivity contribution in [2.45, 2.75) is 32.7 Å². The van der Waals surface area contributed by atoms with E-state index >= 15 is 0 Å². The fraction of sp³-hybridized carbons (Fsp3) is 0.750. The van der Waals surface area contributed by atoms with Gasteiger partial charge in [-0.2, -0.15) is 0 Å². The van der Waals surface area contributed by atoms with E-state index in [9.17, 15) is 0 Å². The summed E-state index contributed by atoms with van der Waals surface area (Å²) in [6.45, 7) is 5.34. The average molecular weight is 185 g/mol. The predicted octanol–water partition coefficient (Wildman–Crippen LogP) is 1.47. The Morgan fingerprint density at radius 1 is 1.58 bits per heavy atom. The molecule has 0 amide bonds. The van der Waals surface area contributed by atoms with Gasteiger partial charge in [0.05, 0.1) is 0 Å². The fourth-order valence-electron chi connectivity index (χ4n) is 1.15. The molecule has 0 saturated heterocycles. The SMILES string of the molecule is CCNC(CC)Cc1nncs1. The third kappa shape index (κ3) is 2.87. The summed E-state index contributed by atoms with van der Waals surface area (Å²) >= 11 is 1.63. The maximum Gasteiger partial charge on any atom is 0.118 e. The molecule has 0 aliphatic carbocycles. The van der Waals surface area contributed by atoms with E-state index in [0.717, 1.165) is 24.4 Å². The molecule has 1 unspecified atom stereocenters. The zero-order valence-electron chi connectivity index (χ0n) is 7.58. The molecule has 1 aromatic rings. The van der Waals surface area contributed by atoms with Crippen LogP contribution in [0.1, 0.15) is 25.3 Å². The Kier molecular flexibility index (Phi) is 4.18. The summed E-state index contributed by atoms with van der Waals surface area (Å²) in [6, 6.07) is 0.558. The van der Waals surface area contributed by atoms with Crippen LogP contribution in [0.3, 0.4) is 0 Å². The Balaban J connectivity index is 2.37. The van der Waals surface area contributed by atoms with Crippen molar-refractivity contribution in [3.05, 3.63) is 10.5 Å². The summed E-state index contributed by atoms with van der Waals surface area (Å²) in [5.74, 6) is 0. The summed E-state index contributed by atoms with van der Waals surface area (Å²) in [6.07, 6.45) is 2.16. The Hall–Kier alpha value is -0.480. The molecule has 4 heteroatoms. The molecule has 1 N–H and O–H groups in total. The van der Waals surface area contributed by atoms with Crippen LogP contribution in [0.25, 0.3) is 0 Å². The zero-order valence-corrected chi connectivity index (χ0v) is 8.40. The van der Waals surface area contributed by atoms with Crippen LogP contribution in [-0.4, -0.2) is 22.8 Å². The first-order valence-electron chi connectivity index (χ1n) is 4.35. The largest absolute Gasteiger partial charge is 0.314 e.